The van der Waals surface area contributed by atoms with Gasteiger partial charge in [-0.3, -0.25) is 0 Å². The van der Waals surface area contributed by atoms with Crippen LogP contribution in [0.2, 0.25) is 0 Å². The van der Waals surface area contributed by atoms with Gasteiger partial charge in [0.2, 0.25) is 0 Å². The number of aliphatic hydroxyl groups is 1. The molecule has 28 heavy (non-hydrogen) atoms. The lowest BCUT2D eigenvalue weighted by atomic mass is 9.53. The molecule has 0 saturated heterocycles. The lowest BCUT2D eigenvalue weighted by Gasteiger charge is -2.53. The molecular weight excluding hydrogens is 375 g/mol. The van der Waals surface area contributed by atoms with E-state index in [2.05, 4.69) is 13.0 Å². The molecule has 1 aromatic rings. The Hall–Kier alpha value is -0.800. The molecule has 2 saturated carbocycles. The number of unbranched alkanes of at least 4 members (excludes halogenated alkanes) is 2. The molecule has 0 radical (unpaired) electrons. The average Bonchev–Trinajstić information content (AvgIpc) is 2.88. The Bertz CT molecular complexity index is 734. The van der Waals surface area contributed by atoms with Gasteiger partial charge in [0.25, 0.3) is 0 Å². The van der Waals surface area contributed by atoms with Crippen LogP contribution in [0.25, 0.3) is 0 Å². The number of aromatic hydroxyl groups is 1. The summed E-state index contributed by atoms with van der Waals surface area (Å²) in [5.41, 5.74) is 2.11. The summed E-state index contributed by atoms with van der Waals surface area (Å²) in [6, 6.07) is 4.00. The fraction of sp³-hybridized carbons (Fsp3) is 0.750. The minimum Gasteiger partial charge on any atom is -0.508 e. The molecule has 3 aliphatic carbocycles. The highest BCUT2D eigenvalue weighted by Crippen LogP contribution is 2.64. The van der Waals surface area contributed by atoms with Gasteiger partial charge in [-0.05, 0) is 92.9 Å². The fourth-order valence-corrected chi connectivity index (χ4v) is 6.87. The highest BCUT2D eigenvalue weighted by molar-refractivity contribution is 6.17. The topological polar surface area (TPSA) is 40.5 Å². The number of benzene rings is 1. The van der Waals surface area contributed by atoms with Crippen LogP contribution < -0.4 is 0 Å². The molecule has 2 fully saturated rings. The first-order valence-electron chi connectivity index (χ1n) is 11.1. The second kappa shape index (κ2) is 7.47. The van der Waals surface area contributed by atoms with Crippen LogP contribution in [0.3, 0.4) is 0 Å². The molecule has 1 aromatic carbocycles. The third-order valence-electron chi connectivity index (χ3n) is 8.50. The number of hydrogen-bond acceptors (Lipinski definition) is 2. The molecule has 0 aromatic heterocycles. The van der Waals surface area contributed by atoms with E-state index in [1.54, 1.807) is 0 Å². The maximum absolute atomic E-state index is 15.6. The molecule has 0 spiro atoms. The predicted octanol–water partition coefficient (Wildman–Crippen LogP) is 5.90. The minimum absolute atomic E-state index is 0.0853. The van der Waals surface area contributed by atoms with Gasteiger partial charge in [-0.25, -0.2) is 4.39 Å². The van der Waals surface area contributed by atoms with E-state index >= 15 is 4.39 Å². The summed E-state index contributed by atoms with van der Waals surface area (Å²) in [5.74, 6) is 1.63. The minimum atomic E-state index is -0.927. The van der Waals surface area contributed by atoms with Gasteiger partial charge in [-0.2, -0.15) is 0 Å². The van der Waals surface area contributed by atoms with Crippen LogP contribution in [0.4, 0.5) is 4.39 Å². The van der Waals surface area contributed by atoms with Crippen LogP contribution in [0, 0.1) is 17.3 Å². The van der Waals surface area contributed by atoms with E-state index in [1.807, 2.05) is 13.0 Å². The second-order valence-corrected chi connectivity index (χ2v) is 10.3. The number of hydrogen-bond donors (Lipinski definition) is 2. The lowest BCUT2D eigenvalue weighted by molar-refractivity contribution is -0.110. The Kier molecular flexibility index (Phi) is 5.46. The van der Waals surface area contributed by atoms with Gasteiger partial charge in [0.15, 0.2) is 0 Å². The molecule has 4 heteroatoms. The van der Waals surface area contributed by atoms with Gasteiger partial charge < -0.3 is 10.2 Å². The first-order valence-corrected chi connectivity index (χ1v) is 11.6. The van der Waals surface area contributed by atoms with Crippen LogP contribution in [-0.2, 0) is 12.8 Å². The highest BCUT2D eigenvalue weighted by atomic mass is 35.5. The molecule has 0 amide bonds. The van der Waals surface area contributed by atoms with Crippen molar-refractivity contribution in [3.8, 4) is 5.75 Å². The van der Waals surface area contributed by atoms with Crippen molar-refractivity contribution in [2.75, 3.05) is 5.88 Å². The summed E-state index contributed by atoms with van der Waals surface area (Å²) in [6.45, 7) is 4.02. The standard InChI is InChI=1S/C24H34ClFO2/c1-23-14-20(26)22-17(19(23)9-10-24(23,2)28)8-7-15-13-21(27)16(12-18(15)22)6-4-3-5-11-25/h12-13,17,19-20,22,27-28H,3-11,14H2,1-2H3/t17-,19-,20-,22-,23-,24+/m0/s1. The zero-order chi connectivity index (χ0) is 20.1. The molecule has 2 N–H and O–H groups in total. The van der Waals surface area contributed by atoms with Crippen molar-refractivity contribution >= 4 is 11.6 Å². The Morgan fingerprint density at radius 3 is 2.71 bits per heavy atom. The van der Waals surface area contributed by atoms with E-state index in [9.17, 15) is 10.2 Å². The zero-order valence-electron chi connectivity index (χ0n) is 17.2. The molecular formula is C24H34ClFO2. The van der Waals surface area contributed by atoms with Crippen molar-refractivity contribution in [2.45, 2.75) is 89.3 Å². The summed E-state index contributed by atoms with van der Waals surface area (Å²) in [6.07, 6.45) is 7.00. The van der Waals surface area contributed by atoms with E-state index in [4.69, 9.17) is 11.6 Å². The number of aryl methyl sites for hydroxylation is 2. The van der Waals surface area contributed by atoms with Crippen molar-refractivity contribution in [3.63, 3.8) is 0 Å². The Labute approximate surface area is 173 Å². The lowest BCUT2D eigenvalue weighted by Crippen LogP contribution is -2.53. The summed E-state index contributed by atoms with van der Waals surface area (Å²) < 4.78 is 15.6. The van der Waals surface area contributed by atoms with Crippen LogP contribution in [0.1, 0.15) is 81.4 Å². The molecule has 0 bridgehead atoms. The van der Waals surface area contributed by atoms with Crippen molar-refractivity contribution in [1.82, 2.24) is 0 Å². The van der Waals surface area contributed by atoms with E-state index in [0.717, 1.165) is 68.1 Å². The van der Waals surface area contributed by atoms with E-state index < -0.39 is 11.8 Å². The third-order valence-corrected chi connectivity index (χ3v) is 8.77. The Morgan fingerprint density at radius 2 is 1.96 bits per heavy atom. The summed E-state index contributed by atoms with van der Waals surface area (Å²) >= 11 is 5.77. The fourth-order valence-electron chi connectivity index (χ4n) is 6.69. The Balaban J connectivity index is 1.63. The number of phenolic OH excluding ortho intramolecular Hbond substituents is 1. The quantitative estimate of drug-likeness (QED) is 0.470. The first kappa shape index (κ1) is 20.5. The molecule has 6 atom stereocenters. The van der Waals surface area contributed by atoms with E-state index in [-0.39, 0.29) is 11.3 Å². The molecule has 156 valence electrons. The summed E-state index contributed by atoms with van der Waals surface area (Å²) in [5, 5.41) is 21.5. The van der Waals surface area contributed by atoms with Crippen LogP contribution >= 0.6 is 11.6 Å². The molecule has 0 unspecified atom stereocenters. The number of fused-ring (bicyclic) bond motifs is 5. The van der Waals surface area contributed by atoms with Crippen LogP contribution in [-0.4, -0.2) is 27.9 Å². The molecule has 0 aliphatic heterocycles. The third kappa shape index (κ3) is 3.17. The van der Waals surface area contributed by atoms with Gasteiger partial charge in [0.1, 0.15) is 11.9 Å². The van der Waals surface area contributed by atoms with E-state index in [0.29, 0.717) is 29.9 Å². The summed E-state index contributed by atoms with van der Waals surface area (Å²) in [7, 11) is 0. The molecule has 2 nitrogen and oxygen atoms in total. The number of rotatable bonds is 5. The molecule has 4 rings (SSSR count). The van der Waals surface area contributed by atoms with Gasteiger partial charge >= 0.3 is 0 Å². The Morgan fingerprint density at radius 1 is 1.18 bits per heavy atom. The van der Waals surface area contributed by atoms with Gasteiger partial charge in [-0.1, -0.05) is 19.4 Å². The maximum Gasteiger partial charge on any atom is 0.119 e. The largest absolute Gasteiger partial charge is 0.508 e. The van der Waals surface area contributed by atoms with Gasteiger partial charge in [0.05, 0.1) is 5.60 Å². The molecule has 3 aliphatic rings. The number of halogens is 2. The smallest absolute Gasteiger partial charge is 0.119 e. The molecule has 0 heterocycles. The summed E-state index contributed by atoms with van der Waals surface area (Å²) in [4.78, 5) is 0. The average molecular weight is 409 g/mol. The van der Waals surface area contributed by atoms with Crippen molar-refractivity contribution in [3.05, 3.63) is 28.8 Å². The predicted molar refractivity (Wildman–Crippen MR) is 112 cm³/mol. The van der Waals surface area contributed by atoms with Crippen molar-refractivity contribution in [1.29, 1.82) is 0 Å². The number of phenols is 1. The van der Waals surface area contributed by atoms with E-state index in [1.165, 1.54) is 0 Å². The van der Waals surface area contributed by atoms with Crippen LogP contribution in [0.15, 0.2) is 12.1 Å². The monoisotopic (exact) mass is 408 g/mol. The van der Waals surface area contributed by atoms with Crippen LogP contribution in [0.5, 0.6) is 5.75 Å². The SMILES string of the molecule is C[C@]12C[C@H](F)[C@@H]3c4cc(CCCCCCl)c(O)cc4CC[C@H]3[C@@H]1CC[C@@]2(C)O. The van der Waals surface area contributed by atoms with Gasteiger partial charge in [-0.15, -0.1) is 11.6 Å². The zero-order valence-corrected chi connectivity index (χ0v) is 17.9. The van der Waals surface area contributed by atoms with Crippen molar-refractivity contribution in [2.24, 2.45) is 17.3 Å². The highest BCUT2D eigenvalue weighted by Gasteiger charge is 2.62. The number of alkyl halides is 2. The van der Waals surface area contributed by atoms with Crippen molar-refractivity contribution < 1.29 is 14.6 Å². The second-order valence-electron chi connectivity index (χ2n) is 9.96. The van der Waals surface area contributed by atoms with Gasteiger partial charge in [0, 0.05) is 17.2 Å². The normalized spacial score (nSPS) is 39.3. The first-order chi connectivity index (χ1) is 13.3. The maximum atomic E-state index is 15.6.